The van der Waals surface area contributed by atoms with E-state index in [1.807, 2.05) is 5.01 Å². The van der Waals surface area contributed by atoms with Crippen LogP contribution in [0.3, 0.4) is 0 Å². The normalized spacial score (nSPS) is 16.7. The van der Waals surface area contributed by atoms with Crippen molar-refractivity contribution in [2.75, 3.05) is 50.5 Å². The van der Waals surface area contributed by atoms with Crippen LogP contribution in [-0.4, -0.2) is 59.6 Å². The Morgan fingerprint density at radius 2 is 2.05 bits per heavy atom. The van der Waals surface area contributed by atoms with Gasteiger partial charge in [-0.25, -0.2) is 9.99 Å². The molecule has 2 N–H and O–H groups in total. The van der Waals surface area contributed by atoms with Gasteiger partial charge in [0.05, 0.1) is 4.92 Å². The van der Waals surface area contributed by atoms with Crippen LogP contribution in [0.25, 0.3) is 0 Å². The van der Waals surface area contributed by atoms with Gasteiger partial charge in [-0.05, 0) is 19.5 Å². The summed E-state index contributed by atoms with van der Waals surface area (Å²) in [4.78, 5) is 17.3. The molecule has 1 aliphatic heterocycles. The Bertz CT molecular complexity index is 488. The predicted octanol–water partition coefficient (Wildman–Crippen LogP) is 1.39. The minimum atomic E-state index is -0.408. The molecule has 1 aromatic heterocycles. The van der Waals surface area contributed by atoms with Crippen LogP contribution in [0.15, 0.2) is 12.1 Å². The number of hydrogen-bond acceptors (Lipinski definition) is 7. The van der Waals surface area contributed by atoms with Gasteiger partial charge in [-0.3, -0.25) is 15.5 Å². The van der Waals surface area contributed by atoms with Crippen molar-refractivity contribution in [3.05, 3.63) is 22.2 Å². The van der Waals surface area contributed by atoms with E-state index in [2.05, 4.69) is 34.6 Å². The van der Waals surface area contributed by atoms with E-state index in [0.29, 0.717) is 11.6 Å². The van der Waals surface area contributed by atoms with Crippen LogP contribution in [0.1, 0.15) is 13.3 Å². The standard InChI is InChI=1S/C13H22N6O2/c1-3-6-14-12-5-4-11(19(20)21)13(15-12)16-18-9-7-17(2)8-10-18/h4-5H,3,6-10H2,1-2H3,(H2,14,15,16). The van der Waals surface area contributed by atoms with Gasteiger partial charge in [0.2, 0.25) is 5.82 Å². The Kier molecular flexibility index (Phi) is 5.29. The average molecular weight is 294 g/mol. The summed E-state index contributed by atoms with van der Waals surface area (Å²) in [6.07, 6.45) is 0.972. The highest BCUT2D eigenvalue weighted by Gasteiger charge is 2.20. The van der Waals surface area contributed by atoms with Gasteiger partial charge in [-0.15, -0.1) is 0 Å². The fourth-order valence-electron chi connectivity index (χ4n) is 2.10. The second-order valence-corrected chi connectivity index (χ2v) is 5.15. The van der Waals surface area contributed by atoms with Crippen molar-refractivity contribution in [1.29, 1.82) is 0 Å². The van der Waals surface area contributed by atoms with E-state index in [1.165, 1.54) is 6.07 Å². The number of nitrogens with one attached hydrogen (secondary N) is 2. The SMILES string of the molecule is CCCNc1ccc([N+](=O)[O-])c(NN2CCN(C)CC2)n1. The second kappa shape index (κ2) is 7.19. The third kappa shape index (κ3) is 4.27. The van der Waals surface area contributed by atoms with Crippen molar-refractivity contribution in [3.63, 3.8) is 0 Å². The maximum Gasteiger partial charge on any atom is 0.312 e. The molecule has 0 aromatic carbocycles. The van der Waals surface area contributed by atoms with E-state index in [1.54, 1.807) is 6.07 Å². The number of aromatic nitrogens is 1. The van der Waals surface area contributed by atoms with Gasteiger partial charge in [0.15, 0.2) is 0 Å². The van der Waals surface area contributed by atoms with Gasteiger partial charge >= 0.3 is 5.69 Å². The number of pyridine rings is 1. The summed E-state index contributed by atoms with van der Waals surface area (Å²) < 4.78 is 0. The molecule has 21 heavy (non-hydrogen) atoms. The molecule has 0 radical (unpaired) electrons. The molecular weight excluding hydrogens is 272 g/mol. The second-order valence-electron chi connectivity index (χ2n) is 5.15. The highest BCUT2D eigenvalue weighted by Crippen LogP contribution is 2.24. The summed E-state index contributed by atoms with van der Waals surface area (Å²) in [5.74, 6) is 0.949. The molecule has 0 amide bonds. The lowest BCUT2D eigenvalue weighted by Gasteiger charge is -2.32. The van der Waals surface area contributed by atoms with Crippen LogP contribution >= 0.6 is 0 Å². The predicted molar refractivity (Wildman–Crippen MR) is 82.4 cm³/mol. The van der Waals surface area contributed by atoms with Gasteiger partial charge in [-0.2, -0.15) is 0 Å². The molecule has 8 heteroatoms. The molecule has 2 rings (SSSR count). The molecule has 0 unspecified atom stereocenters. The lowest BCUT2D eigenvalue weighted by Crippen LogP contribution is -2.47. The van der Waals surface area contributed by atoms with E-state index >= 15 is 0 Å². The van der Waals surface area contributed by atoms with Crippen LogP contribution in [0.5, 0.6) is 0 Å². The van der Waals surface area contributed by atoms with Crippen molar-refractivity contribution in [1.82, 2.24) is 14.9 Å². The third-order valence-electron chi connectivity index (χ3n) is 3.39. The molecule has 116 valence electrons. The fraction of sp³-hybridized carbons (Fsp3) is 0.615. The van der Waals surface area contributed by atoms with Crippen LogP contribution in [-0.2, 0) is 0 Å². The largest absolute Gasteiger partial charge is 0.370 e. The first-order valence-electron chi connectivity index (χ1n) is 7.19. The van der Waals surface area contributed by atoms with Crippen molar-refractivity contribution in [2.24, 2.45) is 0 Å². The molecule has 1 saturated heterocycles. The average Bonchev–Trinajstić information content (AvgIpc) is 2.47. The zero-order chi connectivity index (χ0) is 15.2. The van der Waals surface area contributed by atoms with Crippen molar-refractivity contribution < 1.29 is 4.92 Å². The van der Waals surface area contributed by atoms with Crippen LogP contribution in [0.2, 0.25) is 0 Å². The maximum atomic E-state index is 11.1. The zero-order valence-corrected chi connectivity index (χ0v) is 12.5. The van der Waals surface area contributed by atoms with E-state index in [9.17, 15) is 10.1 Å². The summed E-state index contributed by atoms with van der Waals surface area (Å²) >= 11 is 0. The lowest BCUT2D eigenvalue weighted by atomic mass is 10.3. The van der Waals surface area contributed by atoms with Gasteiger partial charge in [-0.1, -0.05) is 6.92 Å². The maximum absolute atomic E-state index is 11.1. The summed E-state index contributed by atoms with van der Waals surface area (Å²) in [7, 11) is 2.06. The van der Waals surface area contributed by atoms with E-state index in [-0.39, 0.29) is 5.69 Å². The molecule has 8 nitrogen and oxygen atoms in total. The van der Waals surface area contributed by atoms with Gasteiger partial charge in [0.25, 0.3) is 0 Å². The topological polar surface area (TPSA) is 86.6 Å². The lowest BCUT2D eigenvalue weighted by molar-refractivity contribution is -0.384. The molecule has 0 atom stereocenters. The van der Waals surface area contributed by atoms with Crippen molar-refractivity contribution >= 4 is 17.3 Å². The molecule has 1 fully saturated rings. The first-order chi connectivity index (χ1) is 10.1. The molecule has 0 aliphatic carbocycles. The Balaban J connectivity index is 2.12. The Morgan fingerprint density at radius 3 is 2.67 bits per heavy atom. The number of rotatable bonds is 6. The summed E-state index contributed by atoms with van der Waals surface area (Å²) in [6, 6.07) is 3.13. The van der Waals surface area contributed by atoms with Gasteiger partial charge in [0.1, 0.15) is 5.82 Å². The molecule has 0 bridgehead atoms. The minimum Gasteiger partial charge on any atom is -0.370 e. The number of likely N-dealkylation sites (N-methyl/N-ethyl adjacent to an activating group) is 1. The fourth-order valence-corrected chi connectivity index (χ4v) is 2.10. The van der Waals surface area contributed by atoms with Crippen LogP contribution in [0.4, 0.5) is 17.3 Å². The summed E-state index contributed by atoms with van der Waals surface area (Å²) in [5, 5.41) is 16.2. The van der Waals surface area contributed by atoms with Gasteiger partial charge < -0.3 is 10.2 Å². The summed E-state index contributed by atoms with van der Waals surface area (Å²) in [6.45, 7) is 6.31. The molecule has 0 saturated carbocycles. The van der Waals surface area contributed by atoms with Crippen molar-refractivity contribution in [2.45, 2.75) is 13.3 Å². The van der Waals surface area contributed by atoms with E-state index in [0.717, 1.165) is 39.1 Å². The number of nitro groups is 1. The number of anilines is 2. The molecular formula is C13H22N6O2. The molecule has 1 aliphatic rings. The summed E-state index contributed by atoms with van der Waals surface area (Å²) in [5.41, 5.74) is 3.08. The third-order valence-corrected chi connectivity index (χ3v) is 3.39. The first-order valence-corrected chi connectivity index (χ1v) is 7.19. The molecule has 1 aromatic rings. The quantitative estimate of drug-likeness (QED) is 0.605. The smallest absolute Gasteiger partial charge is 0.312 e. The van der Waals surface area contributed by atoms with E-state index < -0.39 is 4.92 Å². The van der Waals surface area contributed by atoms with E-state index in [4.69, 9.17) is 0 Å². The van der Waals surface area contributed by atoms with Crippen LogP contribution in [0, 0.1) is 10.1 Å². The highest BCUT2D eigenvalue weighted by molar-refractivity contribution is 5.59. The molecule has 0 spiro atoms. The van der Waals surface area contributed by atoms with Crippen molar-refractivity contribution in [3.8, 4) is 0 Å². The zero-order valence-electron chi connectivity index (χ0n) is 12.5. The monoisotopic (exact) mass is 294 g/mol. The number of hydrogen-bond donors (Lipinski definition) is 2. The molecule has 2 heterocycles. The number of piperazine rings is 1. The Labute approximate surface area is 124 Å². The van der Waals surface area contributed by atoms with Gasteiger partial charge in [0, 0.05) is 38.8 Å². The minimum absolute atomic E-state index is 0.00373. The van der Waals surface area contributed by atoms with Crippen LogP contribution < -0.4 is 10.7 Å². The number of nitrogens with zero attached hydrogens (tertiary/aromatic N) is 4. The first kappa shape index (κ1) is 15.5. The Hall–Kier alpha value is -1.93. The number of hydrazine groups is 1. The highest BCUT2D eigenvalue weighted by atomic mass is 16.6. The Morgan fingerprint density at radius 1 is 1.33 bits per heavy atom.